The lowest BCUT2D eigenvalue weighted by Crippen LogP contribution is -2.10. The van der Waals surface area contributed by atoms with Crippen LogP contribution in [0.3, 0.4) is 0 Å². The van der Waals surface area contributed by atoms with Crippen LogP contribution < -0.4 is 10.1 Å². The highest BCUT2D eigenvalue weighted by Gasteiger charge is 2.10. The van der Waals surface area contributed by atoms with E-state index in [9.17, 15) is 0 Å². The number of nitrogens with one attached hydrogen (secondary N) is 1. The number of anilines is 1. The molecule has 1 N–H and O–H groups in total. The normalized spacial score (nSPS) is 12.2. The fourth-order valence-corrected chi connectivity index (χ4v) is 2.23. The molecule has 1 atom stereocenters. The molecule has 0 aromatic carbocycles. The maximum absolute atomic E-state index is 5.54. The summed E-state index contributed by atoms with van der Waals surface area (Å²) in [6.45, 7) is 6.70. The Labute approximate surface area is 117 Å². The predicted molar refractivity (Wildman–Crippen MR) is 76.7 cm³/mol. The van der Waals surface area contributed by atoms with Gasteiger partial charge in [0.15, 0.2) is 0 Å². The third-order valence-electron chi connectivity index (χ3n) is 2.45. The fraction of sp³-hybridized carbons (Fsp3) is 0.462. The van der Waals surface area contributed by atoms with Crippen LogP contribution in [0.1, 0.15) is 37.0 Å². The molecular weight excluding hydrogens is 260 g/mol. The molecular formula is C13H18N4OS. The molecule has 0 saturated carbocycles. The summed E-state index contributed by atoms with van der Waals surface area (Å²) in [5.74, 6) is 1.19. The third-order valence-corrected chi connectivity index (χ3v) is 3.41. The number of nitrogens with zero attached hydrogens (tertiary/aromatic N) is 3. The summed E-state index contributed by atoms with van der Waals surface area (Å²) in [5, 5.41) is 6.22. The summed E-state index contributed by atoms with van der Waals surface area (Å²) in [5.41, 5.74) is 0.884. The van der Waals surface area contributed by atoms with Crippen molar-refractivity contribution in [2.24, 2.45) is 0 Å². The number of rotatable bonds is 6. The van der Waals surface area contributed by atoms with E-state index in [1.54, 1.807) is 17.5 Å². The lowest BCUT2D eigenvalue weighted by Gasteiger charge is -2.12. The predicted octanol–water partition coefficient (Wildman–Crippen LogP) is 3.20. The second-order valence-electron chi connectivity index (χ2n) is 4.26. The van der Waals surface area contributed by atoms with Gasteiger partial charge in [-0.25, -0.2) is 9.97 Å². The van der Waals surface area contributed by atoms with E-state index in [1.165, 1.54) is 0 Å². The SMILES string of the molecule is CCCOc1cc(C)nc(NC(C)c2nccs2)n1. The van der Waals surface area contributed by atoms with Gasteiger partial charge in [0.25, 0.3) is 0 Å². The number of aromatic nitrogens is 3. The number of ether oxygens (including phenoxy) is 1. The molecule has 1 unspecified atom stereocenters. The first-order valence-electron chi connectivity index (χ1n) is 6.33. The summed E-state index contributed by atoms with van der Waals surface area (Å²) >= 11 is 1.61. The highest BCUT2D eigenvalue weighted by atomic mass is 32.1. The van der Waals surface area contributed by atoms with Crippen molar-refractivity contribution in [3.63, 3.8) is 0 Å². The van der Waals surface area contributed by atoms with Crippen molar-refractivity contribution in [1.29, 1.82) is 0 Å². The van der Waals surface area contributed by atoms with Gasteiger partial charge in [-0.15, -0.1) is 11.3 Å². The number of hydrogen-bond acceptors (Lipinski definition) is 6. The number of hydrogen-bond donors (Lipinski definition) is 1. The van der Waals surface area contributed by atoms with Crippen LogP contribution in [0.15, 0.2) is 17.6 Å². The molecule has 5 nitrogen and oxygen atoms in total. The molecule has 2 aromatic rings. The van der Waals surface area contributed by atoms with Gasteiger partial charge in [-0.1, -0.05) is 6.92 Å². The van der Waals surface area contributed by atoms with Crippen molar-refractivity contribution >= 4 is 17.3 Å². The van der Waals surface area contributed by atoms with Crippen molar-refractivity contribution < 1.29 is 4.74 Å². The van der Waals surface area contributed by atoms with Gasteiger partial charge in [0.2, 0.25) is 11.8 Å². The van der Waals surface area contributed by atoms with Gasteiger partial charge in [-0.2, -0.15) is 4.98 Å². The van der Waals surface area contributed by atoms with Crippen molar-refractivity contribution in [3.8, 4) is 5.88 Å². The quantitative estimate of drug-likeness (QED) is 0.879. The number of thiazole rings is 1. The highest BCUT2D eigenvalue weighted by molar-refractivity contribution is 7.09. The molecule has 0 aliphatic carbocycles. The maximum Gasteiger partial charge on any atom is 0.226 e. The molecule has 0 radical (unpaired) electrons. The molecule has 0 aliphatic rings. The zero-order valence-electron chi connectivity index (χ0n) is 11.4. The van der Waals surface area contributed by atoms with E-state index < -0.39 is 0 Å². The monoisotopic (exact) mass is 278 g/mol. The van der Waals surface area contributed by atoms with Crippen LogP contribution in [0.2, 0.25) is 0 Å². The van der Waals surface area contributed by atoms with E-state index in [4.69, 9.17) is 4.74 Å². The average molecular weight is 278 g/mol. The van der Waals surface area contributed by atoms with Crippen LogP contribution in [-0.4, -0.2) is 21.6 Å². The minimum atomic E-state index is 0.0841. The zero-order valence-corrected chi connectivity index (χ0v) is 12.2. The molecule has 102 valence electrons. The molecule has 0 saturated heterocycles. The molecule has 0 amide bonds. The largest absolute Gasteiger partial charge is 0.478 e. The van der Waals surface area contributed by atoms with Crippen molar-refractivity contribution in [1.82, 2.24) is 15.0 Å². The molecule has 2 heterocycles. The first kappa shape index (κ1) is 13.7. The Morgan fingerprint density at radius 2 is 2.26 bits per heavy atom. The van der Waals surface area contributed by atoms with E-state index in [-0.39, 0.29) is 6.04 Å². The van der Waals surface area contributed by atoms with E-state index in [1.807, 2.05) is 25.3 Å². The summed E-state index contributed by atoms with van der Waals surface area (Å²) in [4.78, 5) is 13.0. The Morgan fingerprint density at radius 1 is 1.42 bits per heavy atom. The zero-order chi connectivity index (χ0) is 13.7. The molecule has 6 heteroatoms. The molecule has 2 rings (SSSR count). The van der Waals surface area contributed by atoms with Crippen LogP contribution >= 0.6 is 11.3 Å². The van der Waals surface area contributed by atoms with Gasteiger partial charge in [0.05, 0.1) is 12.6 Å². The van der Waals surface area contributed by atoms with Crippen molar-refractivity contribution in [3.05, 3.63) is 28.3 Å². The lowest BCUT2D eigenvalue weighted by molar-refractivity contribution is 0.305. The van der Waals surface area contributed by atoms with Crippen LogP contribution in [0.4, 0.5) is 5.95 Å². The summed E-state index contributed by atoms with van der Waals surface area (Å²) < 4.78 is 5.54. The fourth-order valence-electron chi connectivity index (χ4n) is 1.59. The van der Waals surface area contributed by atoms with Crippen LogP contribution in [0.5, 0.6) is 5.88 Å². The van der Waals surface area contributed by atoms with Gasteiger partial charge in [-0.05, 0) is 20.3 Å². The van der Waals surface area contributed by atoms with Crippen LogP contribution in [0, 0.1) is 6.92 Å². The van der Waals surface area contributed by atoms with Crippen LogP contribution in [-0.2, 0) is 0 Å². The second-order valence-corrected chi connectivity index (χ2v) is 5.18. The minimum Gasteiger partial charge on any atom is -0.478 e. The van der Waals surface area contributed by atoms with E-state index in [0.717, 1.165) is 17.1 Å². The summed E-state index contributed by atoms with van der Waals surface area (Å²) in [6.07, 6.45) is 2.76. The van der Waals surface area contributed by atoms with Crippen LogP contribution in [0.25, 0.3) is 0 Å². The van der Waals surface area contributed by atoms with E-state index in [2.05, 4.69) is 27.2 Å². The van der Waals surface area contributed by atoms with E-state index >= 15 is 0 Å². The van der Waals surface area contributed by atoms with Gasteiger partial charge >= 0.3 is 0 Å². The van der Waals surface area contributed by atoms with Gasteiger partial charge < -0.3 is 10.1 Å². The Kier molecular flexibility index (Phi) is 4.68. The Hall–Kier alpha value is -1.69. The Bertz CT molecular complexity index is 515. The summed E-state index contributed by atoms with van der Waals surface area (Å²) in [6, 6.07) is 1.93. The third kappa shape index (κ3) is 3.89. The smallest absolute Gasteiger partial charge is 0.226 e. The summed E-state index contributed by atoms with van der Waals surface area (Å²) in [7, 11) is 0. The van der Waals surface area contributed by atoms with Crippen molar-refractivity contribution in [2.45, 2.75) is 33.2 Å². The topological polar surface area (TPSA) is 59.9 Å². The van der Waals surface area contributed by atoms with Crippen molar-refractivity contribution in [2.75, 3.05) is 11.9 Å². The minimum absolute atomic E-state index is 0.0841. The Morgan fingerprint density at radius 3 is 2.95 bits per heavy atom. The average Bonchev–Trinajstić information content (AvgIpc) is 2.89. The molecule has 0 bridgehead atoms. The van der Waals surface area contributed by atoms with Gasteiger partial charge in [-0.3, -0.25) is 0 Å². The van der Waals surface area contributed by atoms with Gasteiger partial charge in [0, 0.05) is 23.3 Å². The van der Waals surface area contributed by atoms with Gasteiger partial charge in [0.1, 0.15) is 5.01 Å². The second kappa shape index (κ2) is 6.47. The lowest BCUT2D eigenvalue weighted by atomic mass is 10.3. The highest BCUT2D eigenvalue weighted by Crippen LogP contribution is 2.20. The standard InChI is InChI=1S/C13H18N4OS/c1-4-6-18-11-8-9(2)15-13(17-11)16-10(3)12-14-5-7-19-12/h5,7-8,10H,4,6H2,1-3H3,(H,15,16,17). The first-order chi connectivity index (χ1) is 9.19. The first-order valence-corrected chi connectivity index (χ1v) is 7.21. The number of aryl methyl sites for hydroxylation is 1. The molecule has 0 fully saturated rings. The molecule has 2 aromatic heterocycles. The molecule has 0 aliphatic heterocycles. The van der Waals surface area contributed by atoms with E-state index in [0.29, 0.717) is 18.4 Å². The Balaban J connectivity index is 2.09. The molecule has 19 heavy (non-hydrogen) atoms. The molecule has 0 spiro atoms. The maximum atomic E-state index is 5.54.